The van der Waals surface area contributed by atoms with E-state index < -0.39 is 5.25 Å². The minimum absolute atomic E-state index is 0.183. The number of nitrogens with zero attached hydrogens (tertiary/aromatic N) is 3. The first-order chi connectivity index (χ1) is 13.9. The van der Waals surface area contributed by atoms with Gasteiger partial charge in [0, 0.05) is 16.6 Å². The first-order valence-electron chi connectivity index (χ1n) is 8.81. The second-order valence-electron chi connectivity index (χ2n) is 6.63. The van der Waals surface area contributed by atoms with Crippen molar-refractivity contribution < 1.29 is 9.18 Å². The van der Waals surface area contributed by atoms with Crippen molar-refractivity contribution in [3.63, 3.8) is 0 Å². The Hall–Kier alpha value is -2.29. The third kappa shape index (κ3) is 4.49. The number of aromatic nitrogens is 3. The third-order valence-corrected chi connectivity index (χ3v) is 6.17. The van der Waals surface area contributed by atoms with Crippen LogP contribution < -0.4 is 11.2 Å². The molecule has 29 heavy (non-hydrogen) atoms. The molecular weight excluding hydrogens is 436 g/mol. The maximum atomic E-state index is 13.3. The van der Waals surface area contributed by atoms with Gasteiger partial charge in [0.2, 0.25) is 11.1 Å². The van der Waals surface area contributed by atoms with Crippen molar-refractivity contribution in [3.8, 4) is 11.4 Å². The van der Waals surface area contributed by atoms with Gasteiger partial charge in [0.1, 0.15) is 11.1 Å². The van der Waals surface area contributed by atoms with Gasteiger partial charge in [-0.1, -0.05) is 47.1 Å². The quantitative estimate of drug-likeness (QED) is 0.432. The Morgan fingerprint density at radius 2 is 1.93 bits per heavy atom. The molecule has 4 rings (SSSR count). The van der Waals surface area contributed by atoms with Crippen LogP contribution >= 0.6 is 35.0 Å². The van der Waals surface area contributed by atoms with Gasteiger partial charge in [0.05, 0.1) is 5.02 Å². The molecule has 3 aromatic rings. The minimum Gasteiger partial charge on any atom is -0.352 e. The van der Waals surface area contributed by atoms with E-state index in [4.69, 9.17) is 29.0 Å². The van der Waals surface area contributed by atoms with Crippen LogP contribution in [0, 0.1) is 5.82 Å². The molecule has 1 aromatic heterocycles. The Bertz CT molecular complexity index is 1060. The van der Waals surface area contributed by atoms with E-state index in [2.05, 4.69) is 15.5 Å². The largest absolute Gasteiger partial charge is 0.352 e. The van der Waals surface area contributed by atoms with Crippen molar-refractivity contribution in [1.29, 1.82) is 0 Å². The van der Waals surface area contributed by atoms with E-state index in [-0.39, 0.29) is 17.8 Å². The van der Waals surface area contributed by atoms with Gasteiger partial charge in [0.15, 0.2) is 5.82 Å². The van der Waals surface area contributed by atoms with Crippen LogP contribution in [0.25, 0.3) is 11.4 Å². The van der Waals surface area contributed by atoms with E-state index >= 15 is 0 Å². The molecule has 0 unspecified atom stereocenters. The van der Waals surface area contributed by atoms with E-state index in [0.29, 0.717) is 32.2 Å². The SMILES string of the molecule is Nn1c(S[C@H](C(=O)NC2CC2)c2ccc(F)cc2)nnc1-c1cc(Cl)ccc1Cl. The van der Waals surface area contributed by atoms with Gasteiger partial charge in [-0.15, -0.1) is 10.2 Å². The monoisotopic (exact) mass is 451 g/mol. The lowest BCUT2D eigenvalue weighted by Crippen LogP contribution is -2.30. The number of halogens is 3. The van der Waals surface area contributed by atoms with Crippen LogP contribution in [-0.4, -0.2) is 26.8 Å². The van der Waals surface area contributed by atoms with Crippen molar-refractivity contribution in [3.05, 3.63) is 63.9 Å². The highest BCUT2D eigenvalue weighted by Crippen LogP contribution is 2.37. The van der Waals surface area contributed by atoms with E-state index in [1.807, 2.05) is 0 Å². The molecule has 2 aromatic carbocycles. The molecule has 1 saturated carbocycles. The van der Waals surface area contributed by atoms with Crippen LogP contribution in [0.4, 0.5) is 4.39 Å². The fourth-order valence-corrected chi connectivity index (χ4v) is 4.07. The molecule has 0 radical (unpaired) electrons. The lowest BCUT2D eigenvalue weighted by Gasteiger charge is -2.16. The van der Waals surface area contributed by atoms with Gasteiger partial charge in [-0.25, -0.2) is 9.07 Å². The number of benzene rings is 2. The Morgan fingerprint density at radius 1 is 1.21 bits per heavy atom. The molecule has 6 nitrogen and oxygen atoms in total. The van der Waals surface area contributed by atoms with Crippen LogP contribution in [0.15, 0.2) is 47.6 Å². The van der Waals surface area contributed by atoms with E-state index in [9.17, 15) is 9.18 Å². The number of amides is 1. The van der Waals surface area contributed by atoms with E-state index in [1.54, 1.807) is 30.3 Å². The lowest BCUT2D eigenvalue weighted by atomic mass is 10.1. The number of hydrogen-bond donors (Lipinski definition) is 2. The molecule has 0 bridgehead atoms. The normalized spacial score (nSPS) is 14.6. The second-order valence-corrected chi connectivity index (χ2v) is 8.55. The summed E-state index contributed by atoms with van der Waals surface area (Å²) in [5, 5.41) is 11.8. The van der Waals surface area contributed by atoms with Crippen LogP contribution in [0.2, 0.25) is 10.0 Å². The standard InChI is InChI=1S/C19H16Cl2FN5OS/c20-11-3-8-15(21)14(9-11)17-25-26-19(27(17)23)29-16(18(28)24-13-6-7-13)10-1-4-12(22)5-2-10/h1-5,8-9,13,16H,6-7,23H2,(H,24,28)/t16-/m0/s1. The molecule has 1 amide bonds. The molecule has 0 spiro atoms. The number of rotatable bonds is 6. The van der Waals surface area contributed by atoms with Crippen molar-refractivity contribution >= 4 is 40.9 Å². The molecule has 3 N–H and O–H groups in total. The Kier molecular flexibility index (Phi) is 5.67. The van der Waals surface area contributed by atoms with Gasteiger partial charge >= 0.3 is 0 Å². The Balaban J connectivity index is 1.65. The number of nitrogens with one attached hydrogen (secondary N) is 1. The average Bonchev–Trinajstić information content (AvgIpc) is 3.44. The zero-order valence-corrected chi connectivity index (χ0v) is 17.3. The first kappa shape index (κ1) is 20.0. The van der Waals surface area contributed by atoms with Gasteiger partial charge in [0.25, 0.3) is 0 Å². The molecule has 1 aliphatic rings. The third-order valence-electron chi connectivity index (χ3n) is 4.39. The summed E-state index contributed by atoms with van der Waals surface area (Å²) in [6.45, 7) is 0. The molecular formula is C19H16Cl2FN5OS. The summed E-state index contributed by atoms with van der Waals surface area (Å²) >= 11 is 13.4. The minimum atomic E-state index is -0.662. The van der Waals surface area contributed by atoms with Crippen LogP contribution in [0.5, 0.6) is 0 Å². The maximum Gasteiger partial charge on any atom is 0.238 e. The van der Waals surface area contributed by atoms with Crippen LogP contribution in [0.3, 0.4) is 0 Å². The smallest absolute Gasteiger partial charge is 0.238 e. The highest BCUT2D eigenvalue weighted by molar-refractivity contribution is 8.00. The van der Waals surface area contributed by atoms with Gasteiger partial charge in [-0.2, -0.15) is 0 Å². The van der Waals surface area contributed by atoms with Crippen molar-refractivity contribution in [2.75, 3.05) is 5.84 Å². The second kappa shape index (κ2) is 8.22. The van der Waals surface area contributed by atoms with Crippen molar-refractivity contribution in [2.24, 2.45) is 0 Å². The van der Waals surface area contributed by atoms with Crippen LogP contribution in [-0.2, 0) is 4.79 Å². The lowest BCUT2D eigenvalue weighted by molar-refractivity contribution is -0.120. The number of hydrogen-bond acceptors (Lipinski definition) is 5. The summed E-state index contributed by atoms with van der Waals surface area (Å²) in [4.78, 5) is 12.8. The molecule has 1 aliphatic carbocycles. The molecule has 150 valence electrons. The van der Waals surface area contributed by atoms with E-state index in [0.717, 1.165) is 24.6 Å². The average molecular weight is 452 g/mol. The number of carbonyl (C=O) groups is 1. The molecule has 1 atom stereocenters. The summed E-state index contributed by atoms with van der Waals surface area (Å²) in [5.41, 5.74) is 1.17. The number of nitrogens with two attached hydrogens (primary N) is 1. The number of nitrogen functional groups attached to an aromatic ring is 1. The van der Waals surface area contributed by atoms with E-state index in [1.165, 1.54) is 16.8 Å². The van der Waals surface area contributed by atoms with Crippen molar-refractivity contribution in [2.45, 2.75) is 29.3 Å². The first-order valence-corrected chi connectivity index (χ1v) is 10.4. The Labute approximate surface area is 180 Å². The zero-order valence-electron chi connectivity index (χ0n) is 15.0. The Morgan fingerprint density at radius 3 is 2.62 bits per heavy atom. The number of carbonyl (C=O) groups excluding carboxylic acids is 1. The summed E-state index contributed by atoms with van der Waals surface area (Å²) in [7, 11) is 0. The topological polar surface area (TPSA) is 85.8 Å². The fraction of sp³-hybridized carbons (Fsp3) is 0.211. The highest BCUT2D eigenvalue weighted by Gasteiger charge is 2.31. The molecule has 0 saturated heterocycles. The fourth-order valence-electron chi connectivity index (χ4n) is 2.73. The summed E-state index contributed by atoms with van der Waals surface area (Å²) in [6.07, 6.45) is 1.91. The summed E-state index contributed by atoms with van der Waals surface area (Å²) < 4.78 is 14.6. The predicted octanol–water partition coefficient (Wildman–Crippen LogP) is 4.22. The summed E-state index contributed by atoms with van der Waals surface area (Å²) in [5.74, 6) is 5.96. The molecule has 10 heteroatoms. The number of thioether (sulfide) groups is 1. The molecule has 1 fully saturated rings. The summed E-state index contributed by atoms with van der Waals surface area (Å²) in [6, 6.07) is 10.9. The van der Waals surface area contributed by atoms with Gasteiger partial charge in [-0.3, -0.25) is 4.79 Å². The zero-order chi connectivity index (χ0) is 20.5. The van der Waals surface area contributed by atoms with Crippen LogP contribution in [0.1, 0.15) is 23.7 Å². The molecule has 0 aliphatic heterocycles. The maximum absolute atomic E-state index is 13.3. The molecule has 1 heterocycles. The van der Waals surface area contributed by atoms with Gasteiger partial charge < -0.3 is 11.2 Å². The predicted molar refractivity (Wildman–Crippen MR) is 112 cm³/mol. The van der Waals surface area contributed by atoms with Crippen molar-refractivity contribution in [1.82, 2.24) is 20.2 Å². The van der Waals surface area contributed by atoms with Gasteiger partial charge in [-0.05, 0) is 48.7 Å². The highest BCUT2D eigenvalue weighted by atomic mass is 35.5.